The average molecular weight is 425 g/mol. The van der Waals surface area contributed by atoms with Crippen LogP contribution in [0, 0.1) is 0 Å². The molecule has 1 fully saturated rings. The molecule has 1 saturated carbocycles. The van der Waals surface area contributed by atoms with E-state index in [1.54, 1.807) is 0 Å². The number of fused-ring (bicyclic) bond motifs is 1. The number of hydrogen-bond donors (Lipinski definition) is 1. The molecule has 0 amide bonds. The van der Waals surface area contributed by atoms with Crippen molar-refractivity contribution in [2.75, 3.05) is 13.1 Å². The lowest BCUT2D eigenvalue weighted by molar-refractivity contribution is -0.145. The molecule has 1 aromatic heterocycles. The molecule has 1 aliphatic carbocycles. The van der Waals surface area contributed by atoms with Crippen molar-refractivity contribution < 1.29 is 13.2 Å². The molecule has 2 heterocycles. The first-order valence-electron chi connectivity index (χ1n) is 9.93. The van der Waals surface area contributed by atoms with Gasteiger partial charge in [-0.2, -0.15) is 13.2 Å². The Bertz CT molecular complexity index is 878. The number of halogens is 4. The molecule has 29 heavy (non-hydrogen) atoms. The molecular formula is C21H24ClF3N4. The predicted octanol–water partition coefficient (Wildman–Crippen LogP) is 4.35. The Morgan fingerprint density at radius 3 is 2.66 bits per heavy atom. The summed E-state index contributed by atoms with van der Waals surface area (Å²) < 4.78 is 38.9. The van der Waals surface area contributed by atoms with Crippen molar-refractivity contribution >= 4 is 11.6 Å². The maximum Gasteiger partial charge on any atom is 0.451 e. The monoisotopic (exact) mass is 424 g/mol. The van der Waals surface area contributed by atoms with E-state index >= 15 is 0 Å². The van der Waals surface area contributed by atoms with Crippen molar-refractivity contribution in [2.24, 2.45) is 5.73 Å². The third kappa shape index (κ3) is 4.13. The molecular weight excluding hydrogens is 401 g/mol. The molecule has 2 aromatic rings. The Kier molecular flexibility index (Phi) is 5.57. The van der Waals surface area contributed by atoms with Crippen molar-refractivity contribution in [1.29, 1.82) is 0 Å². The number of aromatic nitrogens is 2. The summed E-state index contributed by atoms with van der Waals surface area (Å²) in [5.41, 5.74) is 8.60. The maximum absolute atomic E-state index is 13.0. The van der Waals surface area contributed by atoms with Crippen molar-refractivity contribution in [1.82, 2.24) is 14.9 Å². The van der Waals surface area contributed by atoms with Crippen molar-refractivity contribution in [3.63, 3.8) is 0 Å². The van der Waals surface area contributed by atoms with Gasteiger partial charge in [0.25, 0.3) is 0 Å². The zero-order valence-electron chi connectivity index (χ0n) is 16.1. The number of rotatable bonds is 3. The largest absolute Gasteiger partial charge is 0.451 e. The second kappa shape index (κ2) is 7.85. The molecule has 2 N–H and O–H groups in total. The Morgan fingerprint density at radius 2 is 2.00 bits per heavy atom. The second-order valence-electron chi connectivity index (χ2n) is 8.11. The highest BCUT2D eigenvalue weighted by atomic mass is 35.5. The predicted molar refractivity (Wildman–Crippen MR) is 106 cm³/mol. The topological polar surface area (TPSA) is 55.0 Å². The van der Waals surface area contributed by atoms with Crippen LogP contribution in [0.2, 0.25) is 5.02 Å². The Hall–Kier alpha value is -1.70. The van der Waals surface area contributed by atoms with Crippen LogP contribution in [0.1, 0.15) is 48.3 Å². The third-order valence-electron chi connectivity index (χ3n) is 6.49. The molecule has 0 unspecified atom stereocenters. The summed E-state index contributed by atoms with van der Waals surface area (Å²) in [5, 5.41) is 0.713. The van der Waals surface area contributed by atoms with E-state index in [4.69, 9.17) is 17.3 Å². The van der Waals surface area contributed by atoms with E-state index in [2.05, 4.69) is 20.9 Å². The van der Waals surface area contributed by atoms with Gasteiger partial charge in [0, 0.05) is 42.3 Å². The normalized spacial score (nSPS) is 25.6. The van der Waals surface area contributed by atoms with Crippen LogP contribution in [-0.2, 0) is 24.6 Å². The molecule has 4 nitrogen and oxygen atoms in total. The van der Waals surface area contributed by atoms with Gasteiger partial charge in [0.1, 0.15) is 0 Å². The molecule has 0 saturated heterocycles. The fourth-order valence-corrected chi connectivity index (χ4v) is 4.91. The summed E-state index contributed by atoms with van der Waals surface area (Å²) in [6, 6.07) is 8.24. The molecule has 0 radical (unpaired) electrons. The van der Waals surface area contributed by atoms with Gasteiger partial charge in [-0.3, -0.25) is 4.90 Å². The molecule has 1 aliphatic heterocycles. The summed E-state index contributed by atoms with van der Waals surface area (Å²) in [6.07, 6.45) is 1.29. The van der Waals surface area contributed by atoms with Crippen LogP contribution >= 0.6 is 11.6 Å². The molecule has 2 aliphatic rings. The molecule has 1 aromatic carbocycles. The van der Waals surface area contributed by atoms with Gasteiger partial charge in [-0.15, -0.1) is 0 Å². The van der Waals surface area contributed by atoms with E-state index in [1.165, 1.54) is 11.8 Å². The van der Waals surface area contributed by atoms with Crippen molar-refractivity contribution in [3.8, 4) is 0 Å². The van der Waals surface area contributed by atoms with Gasteiger partial charge in [-0.05, 0) is 55.4 Å². The first kappa shape index (κ1) is 20.6. The summed E-state index contributed by atoms with van der Waals surface area (Å²) in [7, 11) is 0. The van der Waals surface area contributed by atoms with Crippen LogP contribution in [0.4, 0.5) is 13.2 Å². The minimum atomic E-state index is -4.51. The summed E-state index contributed by atoms with van der Waals surface area (Å²) >= 11 is 6.18. The fraction of sp³-hybridized carbons (Fsp3) is 0.524. The molecule has 156 valence electrons. The summed E-state index contributed by atoms with van der Waals surface area (Å²) in [4.78, 5) is 9.58. The highest BCUT2D eigenvalue weighted by Crippen LogP contribution is 2.41. The molecule has 0 bridgehead atoms. The summed E-state index contributed by atoms with van der Waals surface area (Å²) in [6.45, 7) is 1.82. The minimum absolute atomic E-state index is 0.0826. The van der Waals surface area contributed by atoms with Gasteiger partial charge >= 0.3 is 6.18 Å². The van der Waals surface area contributed by atoms with Crippen molar-refractivity contribution in [3.05, 3.63) is 58.1 Å². The van der Waals surface area contributed by atoms with Crippen LogP contribution < -0.4 is 5.73 Å². The lowest BCUT2D eigenvalue weighted by atomic mass is 9.68. The van der Waals surface area contributed by atoms with Crippen LogP contribution in [0.15, 0.2) is 30.5 Å². The van der Waals surface area contributed by atoms with E-state index in [1.807, 2.05) is 18.2 Å². The second-order valence-corrected chi connectivity index (χ2v) is 8.55. The third-order valence-corrected chi connectivity index (χ3v) is 6.72. The van der Waals surface area contributed by atoms with Crippen LogP contribution in [-0.4, -0.2) is 34.0 Å². The fourth-order valence-electron chi connectivity index (χ4n) is 4.72. The summed E-state index contributed by atoms with van der Waals surface area (Å²) in [5.74, 6) is -1.05. The first-order valence-corrected chi connectivity index (χ1v) is 10.3. The Morgan fingerprint density at radius 1 is 1.24 bits per heavy atom. The van der Waals surface area contributed by atoms with Gasteiger partial charge in [-0.25, -0.2) is 9.97 Å². The van der Waals surface area contributed by atoms with E-state index in [0.717, 1.165) is 37.8 Å². The van der Waals surface area contributed by atoms with Crippen molar-refractivity contribution in [2.45, 2.75) is 56.3 Å². The zero-order valence-corrected chi connectivity index (χ0v) is 16.8. The highest BCUT2D eigenvalue weighted by Gasteiger charge is 2.39. The number of nitrogens with two attached hydrogens (primary N) is 1. The number of nitrogens with zero attached hydrogens (tertiary/aromatic N) is 3. The minimum Gasteiger partial charge on any atom is -0.330 e. The van der Waals surface area contributed by atoms with E-state index in [0.29, 0.717) is 36.3 Å². The van der Waals surface area contributed by atoms with Crippen LogP contribution in [0.3, 0.4) is 0 Å². The first-order chi connectivity index (χ1) is 13.8. The maximum atomic E-state index is 13.0. The van der Waals surface area contributed by atoms with E-state index < -0.39 is 12.0 Å². The molecule has 0 atom stereocenters. The van der Waals surface area contributed by atoms with Gasteiger partial charge in [-0.1, -0.05) is 23.7 Å². The van der Waals surface area contributed by atoms with Gasteiger partial charge in [0.2, 0.25) is 5.82 Å². The molecule has 0 spiro atoms. The molecule has 4 rings (SSSR count). The van der Waals surface area contributed by atoms with E-state index in [9.17, 15) is 13.2 Å². The highest BCUT2D eigenvalue weighted by molar-refractivity contribution is 6.30. The Balaban J connectivity index is 1.47. The molecule has 8 heteroatoms. The van der Waals surface area contributed by atoms with Crippen LogP contribution in [0.25, 0.3) is 0 Å². The SMILES string of the molecule is NCC1(c2cccc(Cl)c2)CCC(N2CCc3cnc(C(F)(F)F)nc3C2)CC1. The van der Waals surface area contributed by atoms with Gasteiger partial charge < -0.3 is 5.73 Å². The lowest BCUT2D eigenvalue weighted by Crippen LogP contribution is -2.47. The quantitative estimate of drug-likeness (QED) is 0.796. The number of benzene rings is 1. The van der Waals surface area contributed by atoms with Gasteiger partial charge in [0.15, 0.2) is 0 Å². The number of hydrogen-bond acceptors (Lipinski definition) is 4. The zero-order chi connectivity index (χ0) is 20.6. The smallest absolute Gasteiger partial charge is 0.330 e. The van der Waals surface area contributed by atoms with E-state index in [-0.39, 0.29) is 5.41 Å². The van der Waals surface area contributed by atoms with Crippen LogP contribution in [0.5, 0.6) is 0 Å². The lowest BCUT2D eigenvalue weighted by Gasteiger charge is -2.44. The van der Waals surface area contributed by atoms with Gasteiger partial charge in [0.05, 0.1) is 5.69 Å². The number of alkyl halides is 3. The standard InChI is InChI=1S/C21H24ClF3N4/c22-16-3-1-2-15(10-16)20(13-26)7-4-17(5-8-20)29-9-6-14-11-27-19(21(23,24)25)28-18(14)12-29/h1-3,10-11,17H,4-9,12-13,26H2. The Labute approximate surface area is 173 Å². The average Bonchev–Trinajstić information content (AvgIpc) is 2.72.